The van der Waals surface area contributed by atoms with Gasteiger partial charge in [-0.2, -0.15) is 0 Å². The molecule has 110 valence electrons. The Morgan fingerprint density at radius 1 is 1.25 bits per heavy atom. The average Bonchev–Trinajstić information content (AvgIpc) is 2.66. The smallest absolute Gasteiger partial charge is 0.0337 e. The van der Waals surface area contributed by atoms with E-state index in [9.17, 15) is 0 Å². The van der Waals surface area contributed by atoms with Crippen LogP contribution < -0.4 is 10.6 Å². The van der Waals surface area contributed by atoms with Crippen LogP contribution in [-0.2, 0) is 6.54 Å². The maximum Gasteiger partial charge on any atom is 0.0337 e. The van der Waals surface area contributed by atoms with E-state index >= 15 is 0 Å². The summed E-state index contributed by atoms with van der Waals surface area (Å²) in [5, 5.41) is 7.48. The Morgan fingerprint density at radius 3 is 2.95 bits per heavy atom. The molecule has 3 heteroatoms. The highest BCUT2D eigenvalue weighted by atomic mass is 15.1. The van der Waals surface area contributed by atoms with E-state index in [1.165, 1.54) is 36.9 Å². The van der Waals surface area contributed by atoms with Gasteiger partial charge in [0, 0.05) is 24.7 Å². The maximum absolute atomic E-state index is 3.94. The molecule has 1 fully saturated rings. The zero-order chi connectivity index (χ0) is 13.9. The van der Waals surface area contributed by atoms with Crippen LogP contribution in [0.25, 0.3) is 0 Å². The first kappa shape index (κ1) is 14.1. The molecule has 0 radical (unpaired) electrons. The highest BCUT2D eigenvalue weighted by Gasteiger charge is 2.26. The van der Waals surface area contributed by atoms with Crippen LogP contribution in [0.1, 0.15) is 43.4 Å². The standard InChI is InChI=1S/C17H27N3/c1-13-11-15(8-10-20(13)2)19-17-7-9-18-12-14-5-3-4-6-16(14)17/h3-6,13,15,17-19H,7-12H2,1-2H3. The van der Waals surface area contributed by atoms with E-state index in [2.05, 4.69) is 53.8 Å². The molecule has 3 rings (SSSR count). The van der Waals surface area contributed by atoms with Crippen molar-refractivity contribution in [3.63, 3.8) is 0 Å². The molecular formula is C17H27N3. The van der Waals surface area contributed by atoms with Gasteiger partial charge in [0.15, 0.2) is 0 Å². The molecule has 2 heterocycles. The number of nitrogens with one attached hydrogen (secondary N) is 2. The quantitative estimate of drug-likeness (QED) is 0.866. The summed E-state index contributed by atoms with van der Waals surface area (Å²) >= 11 is 0. The van der Waals surface area contributed by atoms with Crippen LogP contribution in [0, 0.1) is 0 Å². The molecule has 3 nitrogen and oxygen atoms in total. The Labute approximate surface area is 122 Å². The molecule has 2 aliphatic heterocycles. The molecule has 0 aromatic heterocycles. The summed E-state index contributed by atoms with van der Waals surface area (Å²) in [4.78, 5) is 2.47. The molecule has 0 amide bonds. The zero-order valence-corrected chi connectivity index (χ0v) is 12.7. The van der Waals surface area contributed by atoms with E-state index in [0.717, 1.165) is 13.1 Å². The van der Waals surface area contributed by atoms with Crippen molar-refractivity contribution in [2.75, 3.05) is 20.1 Å². The van der Waals surface area contributed by atoms with Crippen molar-refractivity contribution in [1.82, 2.24) is 15.5 Å². The van der Waals surface area contributed by atoms with E-state index < -0.39 is 0 Å². The van der Waals surface area contributed by atoms with E-state index in [1.807, 2.05) is 0 Å². The summed E-state index contributed by atoms with van der Waals surface area (Å²) in [6, 6.07) is 10.8. The predicted octanol–water partition coefficient (Wildman–Crippen LogP) is 2.29. The molecular weight excluding hydrogens is 246 g/mol. The number of hydrogen-bond acceptors (Lipinski definition) is 3. The third-order valence-corrected chi connectivity index (χ3v) is 5.00. The fraction of sp³-hybridized carbons (Fsp3) is 0.647. The number of rotatable bonds is 2. The van der Waals surface area contributed by atoms with Gasteiger partial charge in [-0.15, -0.1) is 0 Å². The summed E-state index contributed by atoms with van der Waals surface area (Å²) in [5.74, 6) is 0. The van der Waals surface area contributed by atoms with Crippen molar-refractivity contribution in [1.29, 1.82) is 0 Å². The lowest BCUT2D eigenvalue weighted by molar-refractivity contribution is 0.161. The van der Waals surface area contributed by atoms with Gasteiger partial charge in [-0.25, -0.2) is 0 Å². The van der Waals surface area contributed by atoms with Gasteiger partial charge >= 0.3 is 0 Å². The monoisotopic (exact) mass is 273 g/mol. The van der Waals surface area contributed by atoms with Crippen molar-refractivity contribution >= 4 is 0 Å². The van der Waals surface area contributed by atoms with Crippen molar-refractivity contribution in [3.05, 3.63) is 35.4 Å². The van der Waals surface area contributed by atoms with E-state index in [1.54, 1.807) is 0 Å². The highest BCUT2D eigenvalue weighted by molar-refractivity contribution is 5.31. The minimum absolute atomic E-state index is 0.516. The van der Waals surface area contributed by atoms with E-state index in [-0.39, 0.29) is 0 Å². The summed E-state index contributed by atoms with van der Waals surface area (Å²) in [5.41, 5.74) is 2.97. The van der Waals surface area contributed by atoms with Crippen molar-refractivity contribution in [2.24, 2.45) is 0 Å². The number of piperidine rings is 1. The van der Waals surface area contributed by atoms with Crippen LogP contribution >= 0.6 is 0 Å². The molecule has 1 aromatic carbocycles. The van der Waals surface area contributed by atoms with Gasteiger partial charge in [0.2, 0.25) is 0 Å². The Bertz CT molecular complexity index is 446. The lowest BCUT2D eigenvalue weighted by atomic mass is 9.94. The first-order chi connectivity index (χ1) is 9.74. The summed E-state index contributed by atoms with van der Waals surface area (Å²) in [7, 11) is 2.24. The molecule has 3 atom stereocenters. The fourth-order valence-corrected chi connectivity index (χ4v) is 3.56. The minimum atomic E-state index is 0.516. The molecule has 0 spiro atoms. The first-order valence-corrected chi connectivity index (χ1v) is 7.99. The highest BCUT2D eigenvalue weighted by Crippen LogP contribution is 2.26. The maximum atomic E-state index is 3.94. The third kappa shape index (κ3) is 3.05. The van der Waals surface area contributed by atoms with Crippen LogP contribution in [0.4, 0.5) is 0 Å². The Hall–Kier alpha value is -0.900. The third-order valence-electron chi connectivity index (χ3n) is 5.00. The zero-order valence-electron chi connectivity index (χ0n) is 12.7. The molecule has 3 unspecified atom stereocenters. The summed E-state index contributed by atoms with van der Waals surface area (Å²) in [6.07, 6.45) is 3.73. The lowest BCUT2D eigenvalue weighted by Gasteiger charge is -2.37. The number of likely N-dealkylation sites (tertiary alicyclic amines) is 1. The number of fused-ring (bicyclic) bond motifs is 1. The van der Waals surface area contributed by atoms with Crippen molar-refractivity contribution in [3.8, 4) is 0 Å². The van der Waals surface area contributed by atoms with Crippen molar-refractivity contribution in [2.45, 2.75) is 50.9 Å². The fourth-order valence-electron chi connectivity index (χ4n) is 3.56. The van der Waals surface area contributed by atoms with Gasteiger partial charge in [0.25, 0.3) is 0 Å². The topological polar surface area (TPSA) is 27.3 Å². The summed E-state index contributed by atoms with van der Waals surface area (Å²) < 4.78 is 0. The molecule has 0 aliphatic carbocycles. The molecule has 2 N–H and O–H groups in total. The average molecular weight is 273 g/mol. The van der Waals surface area contributed by atoms with Crippen LogP contribution in [-0.4, -0.2) is 37.1 Å². The summed E-state index contributed by atoms with van der Waals surface area (Å²) in [6.45, 7) is 5.68. The van der Waals surface area contributed by atoms with Gasteiger partial charge in [-0.3, -0.25) is 0 Å². The Morgan fingerprint density at radius 2 is 2.10 bits per heavy atom. The Balaban J connectivity index is 1.71. The number of hydrogen-bond donors (Lipinski definition) is 2. The van der Waals surface area contributed by atoms with Crippen molar-refractivity contribution < 1.29 is 0 Å². The number of nitrogens with zero attached hydrogens (tertiary/aromatic N) is 1. The predicted molar refractivity (Wildman–Crippen MR) is 83.8 cm³/mol. The molecule has 20 heavy (non-hydrogen) atoms. The van der Waals surface area contributed by atoms with Gasteiger partial charge in [0.05, 0.1) is 0 Å². The molecule has 1 aromatic rings. The molecule has 2 aliphatic rings. The van der Waals surface area contributed by atoms with E-state index in [0.29, 0.717) is 18.1 Å². The van der Waals surface area contributed by atoms with Gasteiger partial charge < -0.3 is 15.5 Å². The van der Waals surface area contributed by atoms with Crippen LogP contribution in [0.3, 0.4) is 0 Å². The largest absolute Gasteiger partial charge is 0.313 e. The normalized spacial score (nSPS) is 31.6. The molecule has 1 saturated heterocycles. The second-order valence-electron chi connectivity index (χ2n) is 6.43. The van der Waals surface area contributed by atoms with Gasteiger partial charge in [-0.1, -0.05) is 24.3 Å². The second kappa shape index (κ2) is 6.25. The van der Waals surface area contributed by atoms with Crippen LogP contribution in [0.5, 0.6) is 0 Å². The second-order valence-corrected chi connectivity index (χ2v) is 6.43. The van der Waals surface area contributed by atoms with Gasteiger partial charge in [0.1, 0.15) is 0 Å². The SMILES string of the molecule is CC1CC(NC2CCNCc3ccccc32)CCN1C. The van der Waals surface area contributed by atoms with Crippen LogP contribution in [0.2, 0.25) is 0 Å². The lowest BCUT2D eigenvalue weighted by Crippen LogP contribution is -2.46. The van der Waals surface area contributed by atoms with Crippen LogP contribution in [0.15, 0.2) is 24.3 Å². The minimum Gasteiger partial charge on any atom is -0.313 e. The van der Waals surface area contributed by atoms with Gasteiger partial charge in [-0.05, 0) is 57.5 Å². The molecule has 0 saturated carbocycles. The first-order valence-electron chi connectivity index (χ1n) is 7.99. The Kier molecular flexibility index (Phi) is 4.39. The number of benzene rings is 1. The van der Waals surface area contributed by atoms with E-state index in [4.69, 9.17) is 0 Å². The molecule has 0 bridgehead atoms.